The van der Waals surface area contributed by atoms with Crippen LogP contribution in [0.15, 0.2) is 60.8 Å². The molecule has 4 N–H and O–H groups in total. The van der Waals surface area contributed by atoms with Gasteiger partial charge in [-0.3, -0.25) is 23.4 Å². The Balaban J connectivity index is 4.32. The number of hydrogen-bond acceptors (Lipinski definition) is 9. The number of hydrogen-bond donors (Lipinski definition) is 3. The molecule has 0 saturated carbocycles. The number of unbranched alkanes of at least 4 members (excludes halogenated alkanes) is 21. The maximum Gasteiger partial charge on any atom is 0.472 e. The van der Waals surface area contributed by atoms with Crippen molar-refractivity contribution in [1.82, 2.24) is 0 Å². The Bertz CT molecular complexity index is 1280. The van der Waals surface area contributed by atoms with E-state index >= 15 is 0 Å². The Hall–Kier alpha value is -2.82. The smallest absolute Gasteiger partial charge is 0.472 e. The van der Waals surface area contributed by atoms with E-state index in [1.165, 1.54) is 109 Å². The molecule has 0 amide bonds. The molecule has 0 aromatic carbocycles. The average Bonchev–Trinajstić information content (AvgIpc) is 3.25. The van der Waals surface area contributed by atoms with Gasteiger partial charge in [-0.05, 0) is 51.4 Å². The minimum Gasteiger partial charge on any atom is -0.480 e. The Morgan fingerprint density at radius 1 is 0.516 bits per heavy atom. The van der Waals surface area contributed by atoms with Crippen LogP contribution in [0.4, 0.5) is 0 Å². The minimum absolute atomic E-state index is 0.0823. The molecule has 11 nitrogen and oxygen atoms in total. The van der Waals surface area contributed by atoms with Gasteiger partial charge in [0.05, 0.1) is 13.2 Å². The van der Waals surface area contributed by atoms with Crippen molar-refractivity contribution >= 4 is 25.7 Å². The molecule has 0 aliphatic heterocycles. The van der Waals surface area contributed by atoms with E-state index in [-0.39, 0.29) is 19.4 Å². The molecule has 358 valence electrons. The molecular weight excluding hydrogens is 806 g/mol. The van der Waals surface area contributed by atoms with Crippen LogP contribution in [0.5, 0.6) is 0 Å². The first-order valence-corrected chi connectivity index (χ1v) is 25.8. The zero-order valence-electron chi connectivity index (χ0n) is 38.9. The summed E-state index contributed by atoms with van der Waals surface area (Å²) in [6.45, 7) is 2.66. The molecule has 0 fully saturated rings. The van der Waals surface area contributed by atoms with Gasteiger partial charge in [0.2, 0.25) is 0 Å². The lowest BCUT2D eigenvalue weighted by Gasteiger charge is -2.20. The van der Waals surface area contributed by atoms with E-state index in [1.54, 1.807) is 0 Å². The summed E-state index contributed by atoms with van der Waals surface area (Å²) in [5, 5.41) is 8.91. The molecule has 62 heavy (non-hydrogen) atoms. The highest BCUT2D eigenvalue weighted by atomic mass is 31.2. The highest BCUT2D eigenvalue weighted by Gasteiger charge is 2.28. The number of carboxylic acids is 1. The summed E-state index contributed by atoms with van der Waals surface area (Å²) >= 11 is 0. The van der Waals surface area contributed by atoms with Gasteiger partial charge in [0, 0.05) is 12.8 Å². The normalized spacial score (nSPS) is 14.1. The fraction of sp³-hybridized carbons (Fsp3) is 0.740. The number of nitrogens with two attached hydrogens (primary N) is 1. The molecule has 3 atom stereocenters. The third kappa shape index (κ3) is 43.8. The van der Waals surface area contributed by atoms with Gasteiger partial charge in [0.25, 0.3) is 0 Å². The number of carbonyl (C=O) groups excluding carboxylic acids is 2. The highest BCUT2D eigenvalue weighted by molar-refractivity contribution is 7.47. The Kier molecular flexibility index (Phi) is 42.7. The third-order valence-electron chi connectivity index (χ3n) is 10.3. The summed E-state index contributed by atoms with van der Waals surface area (Å²) in [6.07, 6.45) is 53.0. The van der Waals surface area contributed by atoms with E-state index in [1.807, 2.05) is 12.2 Å². The van der Waals surface area contributed by atoms with Crippen LogP contribution in [-0.2, 0) is 37.5 Å². The standard InChI is InChI=1S/C50H88NO10P/c1-3-5-7-9-11-13-15-17-19-21-22-23-24-26-27-29-31-33-35-37-39-41-48(52)58-43-46(44-59-62(56,57)60-45-47(51)50(54)55)61-49(53)42-40-38-36-34-32-30-28-25-20-18-16-14-12-10-8-6-4-2/h6,8,12,14,18,20,28,30,34,36,46-47H,3-5,7,9-11,13,15-17,19,21-27,29,31-33,35,37-45,51H2,1-2H3,(H,54,55)(H,56,57)/b8-6-,14-12-,20-18-,30-28-,36-34-/t46-,47+/m1/s1. The predicted octanol–water partition coefficient (Wildman–Crippen LogP) is 13.5. The minimum atomic E-state index is -4.74. The summed E-state index contributed by atoms with van der Waals surface area (Å²) in [4.78, 5) is 46.1. The van der Waals surface area contributed by atoms with Gasteiger partial charge in [-0.15, -0.1) is 0 Å². The van der Waals surface area contributed by atoms with E-state index < -0.39 is 51.1 Å². The molecule has 0 spiro atoms. The van der Waals surface area contributed by atoms with E-state index in [9.17, 15) is 23.8 Å². The number of phosphoric ester groups is 1. The van der Waals surface area contributed by atoms with Gasteiger partial charge in [0.15, 0.2) is 6.10 Å². The maximum absolute atomic E-state index is 12.6. The fourth-order valence-corrected chi connectivity index (χ4v) is 7.29. The number of rotatable bonds is 45. The molecule has 0 heterocycles. The van der Waals surface area contributed by atoms with Crippen molar-refractivity contribution in [1.29, 1.82) is 0 Å². The molecule has 0 aliphatic rings. The SMILES string of the molecule is CC/C=C\C/C=C\C/C=C\C/C=C\C/C=C\CCCC(=O)O[C@H](COC(=O)CCCCCCCCCCCCCCCCCCCCCCC)COP(=O)(O)OC[C@H](N)C(=O)O. The second-order valence-corrected chi connectivity index (χ2v) is 17.7. The monoisotopic (exact) mass is 894 g/mol. The summed E-state index contributed by atoms with van der Waals surface area (Å²) in [6, 6.07) is -1.53. The van der Waals surface area contributed by atoms with Gasteiger partial charge < -0.3 is 25.2 Å². The quantitative estimate of drug-likeness (QED) is 0.0230. The van der Waals surface area contributed by atoms with Crippen LogP contribution in [0.3, 0.4) is 0 Å². The van der Waals surface area contributed by atoms with Crippen LogP contribution in [0.25, 0.3) is 0 Å². The first-order chi connectivity index (χ1) is 30.1. The van der Waals surface area contributed by atoms with Crippen LogP contribution in [0.1, 0.15) is 206 Å². The van der Waals surface area contributed by atoms with Gasteiger partial charge in [-0.2, -0.15) is 0 Å². The molecule has 0 bridgehead atoms. The molecule has 0 aromatic rings. The highest BCUT2D eigenvalue weighted by Crippen LogP contribution is 2.43. The van der Waals surface area contributed by atoms with Crippen LogP contribution < -0.4 is 5.73 Å². The Labute approximate surface area is 377 Å². The first kappa shape index (κ1) is 59.2. The number of ether oxygens (including phenoxy) is 2. The van der Waals surface area contributed by atoms with Crippen molar-refractivity contribution in [2.75, 3.05) is 19.8 Å². The predicted molar refractivity (Wildman–Crippen MR) is 254 cm³/mol. The largest absolute Gasteiger partial charge is 0.480 e. The van der Waals surface area contributed by atoms with Crippen LogP contribution in [0, 0.1) is 0 Å². The number of aliphatic carboxylic acids is 1. The van der Waals surface area contributed by atoms with Gasteiger partial charge in [-0.25, -0.2) is 4.57 Å². The molecule has 12 heteroatoms. The van der Waals surface area contributed by atoms with Gasteiger partial charge in [0.1, 0.15) is 12.6 Å². The molecule has 1 unspecified atom stereocenters. The second kappa shape index (κ2) is 44.8. The number of carboxylic acid groups (broad SMARTS) is 1. The van der Waals surface area contributed by atoms with Crippen LogP contribution >= 0.6 is 7.82 Å². The van der Waals surface area contributed by atoms with Crippen molar-refractivity contribution in [3.63, 3.8) is 0 Å². The van der Waals surface area contributed by atoms with Crippen molar-refractivity contribution in [3.8, 4) is 0 Å². The summed E-state index contributed by atoms with van der Waals surface area (Å²) in [5.74, 6) is -2.45. The molecule has 0 aliphatic carbocycles. The van der Waals surface area contributed by atoms with Crippen molar-refractivity contribution < 1.29 is 47.5 Å². The van der Waals surface area contributed by atoms with E-state index in [0.29, 0.717) is 19.3 Å². The zero-order valence-corrected chi connectivity index (χ0v) is 39.8. The van der Waals surface area contributed by atoms with E-state index in [4.69, 9.17) is 24.8 Å². The van der Waals surface area contributed by atoms with Crippen molar-refractivity contribution in [2.45, 2.75) is 219 Å². The van der Waals surface area contributed by atoms with Crippen molar-refractivity contribution in [2.24, 2.45) is 5.73 Å². The first-order valence-electron chi connectivity index (χ1n) is 24.3. The number of esters is 2. The zero-order chi connectivity index (χ0) is 45.6. The number of carbonyl (C=O) groups is 3. The Morgan fingerprint density at radius 3 is 1.34 bits per heavy atom. The number of allylic oxidation sites excluding steroid dienone is 10. The van der Waals surface area contributed by atoms with Crippen LogP contribution in [-0.4, -0.2) is 59.9 Å². The van der Waals surface area contributed by atoms with E-state index in [2.05, 4.69) is 67.0 Å². The molecular formula is C50H88NO10P. The molecule has 0 rings (SSSR count). The Morgan fingerprint density at radius 2 is 0.903 bits per heavy atom. The summed E-state index contributed by atoms with van der Waals surface area (Å²) < 4.78 is 32.7. The second-order valence-electron chi connectivity index (χ2n) is 16.2. The van der Waals surface area contributed by atoms with Gasteiger partial charge in [-0.1, -0.05) is 203 Å². The third-order valence-corrected chi connectivity index (χ3v) is 11.2. The molecule has 0 radical (unpaired) electrons. The summed E-state index contributed by atoms with van der Waals surface area (Å²) in [5.41, 5.74) is 5.34. The van der Waals surface area contributed by atoms with Crippen molar-refractivity contribution in [3.05, 3.63) is 60.8 Å². The van der Waals surface area contributed by atoms with Gasteiger partial charge >= 0.3 is 25.7 Å². The number of phosphoric acid groups is 1. The lowest BCUT2D eigenvalue weighted by molar-refractivity contribution is -0.161. The molecule has 0 saturated heterocycles. The average molecular weight is 894 g/mol. The van der Waals surface area contributed by atoms with Crippen LogP contribution in [0.2, 0.25) is 0 Å². The molecule has 0 aromatic heterocycles. The topological polar surface area (TPSA) is 172 Å². The summed E-state index contributed by atoms with van der Waals surface area (Å²) in [7, 11) is -4.74. The fourth-order valence-electron chi connectivity index (χ4n) is 6.51. The van der Waals surface area contributed by atoms with E-state index in [0.717, 1.165) is 51.4 Å². The maximum atomic E-state index is 12.6. The lowest BCUT2D eigenvalue weighted by atomic mass is 10.0. The lowest BCUT2D eigenvalue weighted by Crippen LogP contribution is -2.34.